The number of nitrogens with one attached hydrogen (secondary N) is 1. The molecule has 0 spiro atoms. The van der Waals surface area contributed by atoms with Crippen LogP contribution in [-0.2, 0) is 6.42 Å². The van der Waals surface area contributed by atoms with Gasteiger partial charge in [-0.25, -0.2) is 0 Å². The molecule has 4 heteroatoms. The molecule has 2 rings (SSSR count). The number of carboxylic acid groups (broad SMARTS) is 1. The molecular weight excluding hydrogens is 206 g/mol. The highest BCUT2D eigenvalue weighted by molar-refractivity contribution is 5.91. The Hall–Kier alpha value is -2.10. The molecule has 0 aliphatic carbocycles. The van der Waals surface area contributed by atoms with Crippen LogP contribution in [0.3, 0.4) is 0 Å². The number of carboxylic acids is 1. The third-order valence-corrected chi connectivity index (χ3v) is 2.60. The molecule has 16 heavy (non-hydrogen) atoms. The minimum atomic E-state index is -1.45. The molecule has 0 bridgehead atoms. The second-order valence-corrected chi connectivity index (χ2v) is 3.51. The maximum Gasteiger partial charge on any atom is 0.198 e. The van der Waals surface area contributed by atoms with Crippen molar-refractivity contribution >= 4 is 16.9 Å². The summed E-state index contributed by atoms with van der Waals surface area (Å²) in [7, 11) is 0. The lowest BCUT2D eigenvalue weighted by atomic mass is 10.1. The van der Waals surface area contributed by atoms with Crippen LogP contribution in [0.5, 0.6) is 0 Å². The van der Waals surface area contributed by atoms with Crippen molar-refractivity contribution in [1.29, 1.82) is 0 Å². The van der Waals surface area contributed by atoms with Gasteiger partial charge in [0.15, 0.2) is 5.43 Å². The Labute approximate surface area is 91.5 Å². The van der Waals surface area contributed by atoms with Gasteiger partial charge in [-0.2, -0.15) is 0 Å². The monoisotopic (exact) mass is 216 g/mol. The second-order valence-electron chi connectivity index (χ2n) is 3.51. The molecule has 0 unspecified atom stereocenters. The largest absolute Gasteiger partial charge is 0.545 e. The van der Waals surface area contributed by atoms with E-state index < -0.39 is 11.4 Å². The smallest absolute Gasteiger partial charge is 0.198 e. The summed E-state index contributed by atoms with van der Waals surface area (Å²) in [6, 6.07) is 5.26. The molecule has 0 amide bonds. The summed E-state index contributed by atoms with van der Waals surface area (Å²) in [4.78, 5) is 25.3. The van der Waals surface area contributed by atoms with Gasteiger partial charge in [0.1, 0.15) is 0 Å². The van der Waals surface area contributed by atoms with E-state index in [-0.39, 0.29) is 5.56 Å². The quantitative estimate of drug-likeness (QED) is 0.792. The molecular formula is C12H10NO3-. The van der Waals surface area contributed by atoms with Crippen molar-refractivity contribution < 1.29 is 9.90 Å². The van der Waals surface area contributed by atoms with Crippen molar-refractivity contribution in [1.82, 2.24) is 4.98 Å². The zero-order valence-electron chi connectivity index (χ0n) is 8.74. The van der Waals surface area contributed by atoms with E-state index in [2.05, 4.69) is 4.98 Å². The highest BCUT2D eigenvalue weighted by Crippen LogP contribution is 2.14. The first-order valence-electron chi connectivity index (χ1n) is 4.99. The predicted molar refractivity (Wildman–Crippen MR) is 58.3 cm³/mol. The van der Waals surface area contributed by atoms with E-state index >= 15 is 0 Å². The number of carbonyl (C=O) groups is 1. The highest BCUT2D eigenvalue weighted by Gasteiger charge is 2.07. The predicted octanol–water partition coefficient (Wildman–Crippen LogP) is 0.454. The molecule has 1 aromatic heterocycles. The number of aromatic carboxylic acids is 1. The fourth-order valence-electron chi connectivity index (χ4n) is 1.76. The Kier molecular flexibility index (Phi) is 2.48. The van der Waals surface area contributed by atoms with E-state index in [0.29, 0.717) is 10.9 Å². The summed E-state index contributed by atoms with van der Waals surface area (Å²) in [6.07, 6.45) is 1.97. The van der Waals surface area contributed by atoms with Gasteiger partial charge in [0.05, 0.1) is 17.0 Å². The lowest BCUT2D eigenvalue weighted by Crippen LogP contribution is -2.29. The highest BCUT2D eigenvalue weighted by atomic mass is 16.4. The van der Waals surface area contributed by atoms with Crippen LogP contribution >= 0.6 is 0 Å². The van der Waals surface area contributed by atoms with Gasteiger partial charge in [0.2, 0.25) is 0 Å². The van der Waals surface area contributed by atoms with Gasteiger partial charge in [0.25, 0.3) is 0 Å². The Morgan fingerprint density at radius 1 is 1.44 bits per heavy atom. The molecule has 1 heterocycles. The molecule has 0 saturated carbocycles. The minimum Gasteiger partial charge on any atom is -0.545 e. The van der Waals surface area contributed by atoms with Gasteiger partial charge in [-0.15, -0.1) is 0 Å². The summed E-state index contributed by atoms with van der Waals surface area (Å²) in [5, 5.41) is 11.1. The Morgan fingerprint density at radius 3 is 2.81 bits per heavy atom. The molecule has 1 aromatic carbocycles. The number of carbonyl (C=O) groups excluding carboxylic acids is 1. The average Bonchev–Trinajstić information content (AvgIpc) is 2.28. The van der Waals surface area contributed by atoms with E-state index in [1.165, 1.54) is 6.20 Å². The summed E-state index contributed by atoms with van der Waals surface area (Å²) in [5.41, 5.74) is 0.851. The number of benzene rings is 1. The van der Waals surface area contributed by atoms with Crippen molar-refractivity contribution in [3.8, 4) is 0 Å². The molecule has 0 fully saturated rings. The van der Waals surface area contributed by atoms with Gasteiger partial charge in [-0.05, 0) is 18.1 Å². The van der Waals surface area contributed by atoms with Crippen molar-refractivity contribution in [3.05, 3.63) is 45.7 Å². The number of hydrogen-bond donors (Lipinski definition) is 1. The normalized spacial score (nSPS) is 10.6. The van der Waals surface area contributed by atoms with Gasteiger partial charge in [-0.1, -0.05) is 19.1 Å². The van der Waals surface area contributed by atoms with Crippen LogP contribution in [-0.4, -0.2) is 11.0 Å². The number of fused-ring (bicyclic) bond motifs is 1. The van der Waals surface area contributed by atoms with Crippen molar-refractivity contribution in [2.75, 3.05) is 0 Å². The number of H-pyrrole nitrogens is 1. The van der Waals surface area contributed by atoms with E-state index in [0.717, 1.165) is 12.0 Å². The number of pyridine rings is 1. The zero-order valence-corrected chi connectivity index (χ0v) is 8.74. The van der Waals surface area contributed by atoms with Crippen LogP contribution in [0.25, 0.3) is 10.9 Å². The maximum absolute atomic E-state index is 11.8. The zero-order chi connectivity index (χ0) is 11.7. The maximum atomic E-state index is 11.8. The van der Waals surface area contributed by atoms with Gasteiger partial charge in [-0.3, -0.25) is 4.79 Å². The van der Waals surface area contributed by atoms with Crippen molar-refractivity contribution in [3.63, 3.8) is 0 Å². The summed E-state index contributed by atoms with van der Waals surface area (Å²) >= 11 is 0. The van der Waals surface area contributed by atoms with Gasteiger partial charge in [0, 0.05) is 11.6 Å². The molecule has 0 aliphatic heterocycles. The van der Waals surface area contributed by atoms with Crippen LogP contribution in [0.1, 0.15) is 22.8 Å². The van der Waals surface area contributed by atoms with Gasteiger partial charge < -0.3 is 14.9 Å². The Balaban J connectivity index is 2.87. The third kappa shape index (κ3) is 1.48. The SMILES string of the molecule is CCc1cccc2c(=O)c(C(=O)[O-])c[nH]c12. The lowest BCUT2D eigenvalue weighted by molar-refractivity contribution is -0.255. The molecule has 0 atom stereocenters. The van der Waals surface area contributed by atoms with Crippen molar-refractivity contribution in [2.45, 2.75) is 13.3 Å². The van der Waals surface area contributed by atoms with Crippen LogP contribution in [0.2, 0.25) is 0 Å². The first kappa shape index (κ1) is 10.4. The molecule has 0 aliphatic rings. The van der Waals surface area contributed by atoms with E-state index in [1.54, 1.807) is 12.1 Å². The standard InChI is InChI=1S/C12H11NO3/c1-2-7-4-3-5-8-10(7)13-6-9(11(8)14)12(15)16/h3-6H,2H2,1H3,(H,13,14)(H,15,16)/p-1. The second kappa shape index (κ2) is 3.81. The minimum absolute atomic E-state index is 0.333. The van der Waals surface area contributed by atoms with Crippen LogP contribution in [0.15, 0.2) is 29.2 Å². The number of aromatic nitrogens is 1. The number of aryl methyl sites for hydroxylation is 1. The molecule has 0 saturated heterocycles. The van der Waals surface area contributed by atoms with E-state index in [1.807, 2.05) is 13.0 Å². The lowest BCUT2D eigenvalue weighted by Gasteiger charge is -2.06. The first-order chi connectivity index (χ1) is 7.65. The summed E-state index contributed by atoms with van der Waals surface area (Å²) in [5.74, 6) is -1.45. The number of para-hydroxylation sites is 1. The Bertz CT molecular complexity index is 613. The molecule has 2 aromatic rings. The van der Waals surface area contributed by atoms with E-state index in [9.17, 15) is 14.7 Å². The first-order valence-corrected chi connectivity index (χ1v) is 4.99. The van der Waals surface area contributed by atoms with Gasteiger partial charge >= 0.3 is 0 Å². The molecule has 1 N–H and O–H groups in total. The third-order valence-electron chi connectivity index (χ3n) is 2.60. The fraction of sp³-hybridized carbons (Fsp3) is 0.167. The molecule has 82 valence electrons. The van der Waals surface area contributed by atoms with Crippen molar-refractivity contribution in [2.24, 2.45) is 0 Å². The van der Waals surface area contributed by atoms with Crippen LogP contribution in [0.4, 0.5) is 0 Å². The topological polar surface area (TPSA) is 73.0 Å². The summed E-state index contributed by atoms with van der Waals surface area (Å²) < 4.78 is 0. The summed E-state index contributed by atoms with van der Waals surface area (Å²) in [6.45, 7) is 1.97. The fourth-order valence-corrected chi connectivity index (χ4v) is 1.76. The van der Waals surface area contributed by atoms with Crippen LogP contribution < -0.4 is 10.5 Å². The number of aromatic amines is 1. The molecule has 4 nitrogen and oxygen atoms in total. The van der Waals surface area contributed by atoms with E-state index in [4.69, 9.17) is 0 Å². The molecule has 0 radical (unpaired) electrons. The Morgan fingerprint density at radius 2 is 2.19 bits per heavy atom. The average molecular weight is 216 g/mol. The van der Waals surface area contributed by atoms with Crippen LogP contribution in [0, 0.1) is 0 Å². The number of hydrogen-bond acceptors (Lipinski definition) is 3. The number of rotatable bonds is 2.